The van der Waals surface area contributed by atoms with Gasteiger partial charge in [0.2, 0.25) is 0 Å². The van der Waals surface area contributed by atoms with Gasteiger partial charge in [-0.15, -0.1) is 0 Å². The summed E-state index contributed by atoms with van der Waals surface area (Å²) in [6, 6.07) is 4.55. The van der Waals surface area contributed by atoms with E-state index in [-0.39, 0.29) is 5.75 Å². The number of hydrogen-bond donors (Lipinski definition) is 2. The van der Waals surface area contributed by atoms with Crippen LogP contribution in [-0.2, 0) is 10.2 Å². The van der Waals surface area contributed by atoms with Gasteiger partial charge in [0.1, 0.15) is 11.5 Å². The first kappa shape index (κ1) is 9.83. The highest BCUT2D eigenvalue weighted by atomic mass is 16.5. The molecule has 4 nitrogen and oxygen atoms in total. The molecular formula is C11H12O4. The molecule has 0 radical (unpaired) electrons. The maximum atomic E-state index is 11.1. The number of rotatable bonds is 3. The number of carboxylic acids is 1. The molecule has 0 aromatic heterocycles. The molecule has 2 rings (SSSR count). The smallest absolute Gasteiger partial charge is 0.314 e. The molecule has 15 heavy (non-hydrogen) atoms. The van der Waals surface area contributed by atoms with Crippen LogP contribution in [0.25, 0.3) is 0 Å². The molecule has 0 unspecified atom stereocenters. The second kappa shape index (κ2) is 3.15. The fourth-order valence-corrected chi connectivity index (χ4v) is 1.80. The number of ether oxygens (including phenoxy) is 1. The minimum atomic E-state index is -0.827. The molecule has 0 heterocycles. The van der Waals surface area contributed by atoms with Crippen LogP contribution in [0, 0.1) is 0 Å². The first-order valence-electron chi connectivity index (χ1n) is 4.71. The highest BCUT2D eigenvalue weighted by Crippen LogP contribution is 2.51. The van der Waals surface area contributed by atoms with Gasteiger partial charge in [-0.1, -0.05) is 6.07 Å². The number of methoxy groups -OCH3 is 1. The molecule has 0 spiro atoms. The Balaban J connectivity index is 2.48. The van der Waals surface area contributed by atoms with Crippen LogP contribution in [0.2, 0.25) is 0 Å². The van der Waals surface area contributed by atoms with Crippen molar-refractivity contribution in [2.24, 2.45) is 0 Å². The largest absolute Gasteiger partial charge is 0.508 e. The fourth-order valence-electron chi connectivity index (χ4n) is 1.80. The van der Waals surface area contributed by atoms with Crippen LogP contribution in [0.5, 0.6) is 11.5 Å². The van der Waals surface area contributed by atoms with Crippen LogP contribution < -0.4 is 4.74 Å². The quantitative estimate of drug-likeness (QED) is 0.790. The van der Waals surface area contributed by atoms with Gasteiger partial charge >= 0.3 is 5.97 Å². The summed E-state index contributed by atoms with van der Waals surface area (Å²) in [5.41, 5.74) is -0.144. The lowest BCUT2D eigenvalue weighted by atomic mass is 9.95. The van der Waals surface area contributed by atoms with Crippen LogP contribution in [0.1, 0.15) is 18.4 Å². The van der Waals surface area contributed by atoms with Crippen molar-refractivity contribution < 1.29 is 19.7 Å². The molecule has 1 saturated carbocycles. The zero-order valence-corrected chi connectivity index (χ0v) is 8.36. The monoisotopic (exact) mass is 208 g/mol. The normalized spacial score (nSPS) is 17.1. The zero-order valence-electron chi connectivity index (χ0n) is 8.36. The molecule has 1 fully saturated rings. The highest BCUT2D eigenvalue weighted by Gasteiger charge is 2.53. The lowest BCUT2D eigenvalue weighted by Crippen LogP contribution is -2.20. The van der Waals surface area contributed by atoms with Gasteiger partial charge in [-0.3, -0.25) is 4.79 Å². The lowest BCUT2D eigenvalue weighted by molar-refractivity contribution is -0.140. The fraction of sp³-hybridized carbons (Fsp3) is 0.364. The van der Waals surface area contributed by atoms with Crippen molar-refractivity contribution >= 4 is 5.97 Å². The van der Waals surface area contributed by atoms with Crippen molar-refractivity contribution in [1.29, 1.82) is 0 Å². The predicted octanol–water partition coefficient (Wildman–Crippen LogP) is 1.52. The van der Waals surface area contributed by atoms with Crippen LogP contribution in [0.15, 0.2) is 18.2 Å². The van der Waals surface area contributed by atoms with E-state index in [1.807, 2.05) is 0 Å². The van der Waals surface area contributed by atoms with E-state index in [2.05, 4.69) is 0 Å². The number of aliphatic carboxylic acids is 1. The van der Waals surface area contributed by atoms with E-state index in [0.717, 1.165) is 0 Å². The maximum Gasteiger partial charge on any atom is 0.314 e. The standard InChI is InChI=1S/C11H12O4/c1-15-9-6-7(12)2-3-8(9)11(4-5-11)10(13)14/h2-3,6,12H,4-5H2,1H3,(H,13,14). The van der Waals surface area contributed by atoms with Gasteiger partial charge in [0, 0.05) is 11.6 Å². The molecule has 1 aromatic carbocycles. The van der Waals surface area contributed by atoms with Crippen molar-refractivity contribution in [2.45, 2.75) is 18.3 Å². The summed E-state index contributed by atoms with van der Waals surface area (Å²) in [6.07, 6.45) is 1.26. The van der Waals surface area contributed by atoms with E-state index in [9.17, 15) is 9.90 Å². The number of carbonyl (C=O) groups is 1. The maximum absolute atomic E-state index is 11.1. The molecule has 1 aliphatic carbocycles. The van der Waals surface area contributed by atoms with Gasteiger partial charge < -0.3 is 14.9 Å². The number of hydrogen-bond acceptors (Lipinski definition) is 3. The Morgan fingerprint density at radius 3 is 2.60 bits per heavy atom. The van der Waals surface area contributed by atoms with Gasteiger partial charge in [-0.2, -0.15) is 0 Å². The zero-order chi connectivity index (χ0) is 11.1. The molecule has 2 N–H and O–H groups in total. The molecular weight excluding hydrogens is 196 g/mol. The summed E-state index contributed by atoms with van der Waals surface area (Å²) in [4.78, 5) is 11.1. The summed E-state index contributed by atoms with van der Waals surface area (Å²) in [6.45, 7) is 0. The Morgan fingerprint density at radius 2 is 2.13 bits per heavy atom. The Hall–Kier alpha value is -1.71. The summed E-state index contributed by atoms with van der Waals surface area (Å²) >= 11 is 0. The van der Waals surface area contributed by atoms with Gasteiger partial charge in [0.15, 0.2) is 0 Å². The third-order valence-corrected chi connectivity index (χ3v) is 2.86. The molecule has 0 saturated heterocycles. The van der Waals surface area contributed by atoms with Gasteiger partial charge in [0.25, 0.3) is 0 Å². The number of phenols is 1. The van der Waals surface area contributed by atoms with Crippen LogP contribution in [0.4, 0.5) is 0 Å². The van der Waals surface area contributed by atoms with E-state index in [4.69, 9.17) is 9.84 Å². The molecule has 80 valence electrons. The number of benzene rings is 1. The number of aromatic hydroxyl groups is 1. The minimum Gasteiger partial charge on any atom is -0.508 e. The van der Waals surface area contributed by atoms with E-state index in [1.54, 1.807) is 6.07 Å². The molecule has 1 aliphatic rings. The SMILES string of the molecule is COc1cc(O)ccc1C1(C(=O)O)CC1. The Labute approximate surface area is 87.1 Å². The number of carboxylic acid groups (broad SMARTS) is 1. The van der Waals surface area contributed by atoms with Crippen molar-refractivity contribution in [3.63, 3.8) is 0 Å². The third-order valence-electron chi connectivity index (χ3n) is 2.86. The molecule has 0 atom stereocenters. The highest BCUT2D eigenvalue weighted by molar-refractivity contribution is 5.86. The van der Waals surface area contributed by atoms with Crippen LogP contribution in [-0.4, -0.2) is 23.3 Å². The summed E-state index contributed by atoms with van der Waals surface area (Å²) < 4.78 is 5.08. The van der Waals surface area contributed by atoms with Gasteiger partial charge in [0.05, 0.1) is 12.5 Å². The molecule has 0 amide bonds. The molecule has 0 bridgehead atoms. The van der Waals surface area contributed by atoms with Crippen molar-refractivity contribution in [1.82, 2.24) is 0 Å². The second-order valence-corrected chi connectivity index (χ2v) is 3.77. The number of phenolic OH excluding ortho intramolecular Hbond substituents is 1. The summed E-state index contributed by atoms with van der Waals surface area (Å²) in [5.74, 6) is -0.307. The first-order valence-corrected chi connectivity index (χ1v) is 4.71. The Kier molecular flexibility index (Phi) is 2.07. The van der Waals surface area contributed by atoms with E-state index >= 15 is 0 Å². The molecule has 0 aliphatic heterocycles. The topological polar surface area (TPSA) is 66.8 Å². The average molecular weight is 208 g/mol. The molecule has 4 heteroatoms. The van der Waals surface area contributed by atoms with E-state index in [1.165, 1.54) is 19.2 Å². The third kappa shape index (κ3) is 1.42. The Morgan fingerprint density at radius 1 is 1.47 bits per heavy atom. The first-order chi connectivity index (χ1) is 7.10. The van der Waals surface area contributed by atoms with E-state index in [0.29, 0.717) is 24.2 Å². The van der Waals surface area contributed by atoms with Crippen molar-refractivity contribution in [2.75, 3.05) is 7.11 Å². The second-order valence-electron chi connectivity index (χ2n) is 3.77. The van der Waals surface area contributed by atoms with Crippen LogP contribution >= 0.6 is 0 Å². The van der Waals surface area contributed by atoms with E-state index < -0.39 is 11.4 Å². The van der Waals surface area contributed by atoms with Crippen molar-refractivity contribution in [3.05, 3.63) is 23.8 Å². The van der Waals surface area contributed by atoms with Crippen LogP contribution in [0.3, 0.4) is 0 Å². The Bertz CT molecular complexity index is 407. The summed E-state index contributed by atoms with van der Waals surface area (Å²) in [5, 5.41) is 18.4. The van der Waals surface area contributed by atoms with Gasteiger partial charge in [-0.25, -0.2) is 0 Å². The predicted molar refractivity (Wildman–Crippen MR) is 53.2 cm³/mol. The van der Waals surface area contributed by atoms with Crippen molar-refractivity contribution in [3.8, 4) is 11.5 Å². The minimum absolute atomic E-state index is 0.0804. The summed E-state index contributed by atoms with van der Waals surface area (Å²) in [7, 11) is 1.47. The average Bonchev–Trinajstić information content (AvgIpc) is 2.98. The molecule has 1 aromatic rings. The lowest BCUT2D eigenvalue weighted by Gasteiger charge is -2.14. The van der Waals surface area contributed by atoms with Gasteiger partial charge in [-0.05, 0) is 18.9 Å².